The van der Waals surface area contributed by atoms with Gasteiger partial charge in [0.2, 0.25) is 0 Å². The quantitative estimate of drug-likeness (QED) is 0.520. The van der Waals surface area contributed by atoms with Crippen LogP contribution in [0.1, 0.15) is 19.8 Å². The summed E-state index contributed by atoms with van der Waals surface area (Å²) < 4.78 is 45.8. The summed E-state index contributed by atoms with van der Waals surface area (Å²) in [6.07, 6.45) is 1.34. The van der Waals surface area contributed by atoms with E-state index in [1.807, 2.05) is 0 Å². The molecular weight excluding hydrogens is 362 g/mol. The second kappa shape index (κ2) is 5.81. The molecule has 1 aliphatic carbocycles. The molecule has 0 spiro atoms. The lowest BCUT2D eigenvalue weighted by molar-refractivity contribution is -0.150. The Hall–Kier alpha value is -1.46. The van der Waals surface area contributed by atoms with E-state index in [2.05, 4.69) is 5.32 Å². The number of hydrogen-bond acceptors (Lipinski definition) is 7. The highest BCUT2D eigenvalue weighted by Crippen LogP contribution is 2.44. The van der Waals surface area contributed by atoms with E-state index < -0.39 is 65.1 Å². The van der Waals surface area contributed by atoms with Crippen molar-refractivity contribution in [2.45, 2.75) is 29.1 Å². The lowest BCUT2D eigenvalue weighted by Gasteiger charge is -2.39. The summed E-state index contributed by atoms with van der Waals surface area (Å²) in [4.78, 5) is 23.3. The third-order valence-corrected chi connectivity index (χ3v) is 10.3. The first kappa shape index (κ1) is 18.9. The fourth-order valence-corrected chi connectivity index (χ4v) is 8.34. The summed E-state index contributed by atoms with van der Waals surface area (Å²) in [6.45, 7) is 0.911. The second-order valence-corrected chi connectivity index (χ2v) is 11.4. The zero-order chi connectivity index (χ0) is 18.4. The molecule has 0 saturated carbocycles. The van der Waals surface area contributed by atoms with Crippen LogP contribution in [-0.2, 0) is 29.3 Å². The standard InChI is InChI=1S/C13H19NO8S2/c1-12(10(15)16)3-2-4-13(8-12,11(17)18)24(21,22)9-7-14-5-6-23(9,19)20/h2,4,9,14H,3,5-8H2,1H3,(H,15,16)(H,17,18). The highest BCUT2D eigenvalue weighted by atomic mass is 32.3. The zero-order valence-electron chi connectivity index (χ0n) is 12.9. The molecule has 0 radical (unpaired) electrons. The second-order valence-electron chi connectivity index (χ2n) is 6.39. The largest absolute Gasteiger partial charge is 0.481 e. The van der Waals surface area contributed by atoms with Crippen molar-refractivity contribution in [1.82, 2.24) is 5.32 Å². The minimum Gasteiger partial charge on any atom is -0.481 e. The van der Waals surface area contributed by atoms with Crippen LogP contribution in [-0.4, -0.2) is 67.2 Å². The SMILES string of the molecule is CC1(C(=O)O)CC=CC(C(=O)O)(S(=O)(=O)C2CNCCS2(=O)=O)C1. The van der Waals surface area contributed by atoms with Crippen molar-refractivity contribution in [1.29, 1.82) is 0 Å². The Labute approximate surface area is 139 Å². The van der Waals surface area contributed by atoms with Gasteiger partial charge >= 0.3 is 11.9 Å². The number of carbonyl (C=O) groups is 2. The van der Waals surface area contributed by atoms with Crippen molar-refractivity contribution in [3.05, 3.63) is 12.2 Å². The van der Waals surface area contributed by atoms with Crippen molar-refractivity contribution in [3.63, 3.8) is 0 Å². The monoisotopic (exact) mass is 381 g/mol. The van der Waals surface area contributed by atoms with Crippen LogP contribution < -0.4 is 5.32 Å². The Bertz CT molecular complexity index is 800. The predicted molar refractivity (Wildman–Crippen MR) is 83.8 cm³/mol. The van der Waals surface area contributed by atoms with Crippen molar-refractivity contribution < 1.29 is 36.6 Å². The van der Waals surface area contributed by atoms with Crippen LogP contribution in [0.15, 0.2) is 12.2 Å². The highest BCUT2D eigenvalue weighted by Gasteiger charge is 2.61. The predicted octanol–water partition coefficient (Wildman–Crippen LogP) is -0.990. The Balaban J connectivity index is 2.63. The number of nitrogens with one attached hydrogen (secondary N) is 1. The van der Waals surface area contributed by atoms with Crippen LogP contribution >= 0.6 is 0 Å². The maximum absolute atomic E-state index is 13.0. The van der Waals surface area contributed by atoms with E-state index >= 15 is 0 Å². The average molecular weight is 381 g/mol. The van der Waals surface area contributed by atoms with Gasteiger partial charge in [0.05, 0.1) is 11.2 Å². The lowest BCUT2D eigenvalue weighted by Crippen LogP contribution is -2.59. The van der Waals surface area contributed by atoms with E-state index in [0.29, 0.717) is 0 Å². The Morgan fingerprint density at radius 2 is 1.88 bits per heavy atom. The molecule has 11 heteroatoms. The molecule has 0 aromatic heterocycles. The van der Waals surface area contributed by atoms with E-state index in [1.54, 1.807) is 0 Å². The molecular formula is C13H19NO8S2. The number of carboxylic acids is 2. The van der Waals surface area contributed by atoms with Crippen molar-refractivity contribution in [2.75, 3.05) is 18.8 Å². The molecule has 1 aliphatic heterocycles. The van der Waals surface area contributed by atoms with E-state index in [4.69, 9.17) is 0 Å². The van der Waals surface area contributed by atoms with E-state index in [1.165, 1.54) is 13.0 Å². The molecule has 0 aromatic carbocycles. The van der Waals surface area contributed by atoms with Gasteiger partial charge < -0.3 is 15.5 Å². The van der Waals surface area contributed by atoms with Gasteiger partial charge in [-0.05, 0) is 19.8 Å². The first-order valence-corrected chi connectivity index (χ1v) is 10.5. The first-order valence-electron chi connectivity index (χ1n) is 7.19. The number of allylic oxidation sites excluding steroid dienone is 1. The molecule has 136 valence electrons. The molecule has 0 bridgehead atoms. The maximum Gasteiger partial charge on any atom is 0.329 e. The smallest absolute Gasteiger partial charge is 0.329 e. The van der Waals surface area contributed by atoms with Gasteiger partial charge in [-0.1, -0.05) is 12.2 Å². The number of carboxylic acid groups (broad SMARTS) is 2. The summed E-state index contributed by atoms with van der Waals surface area (Å²) >= 11 is 0. The summed E-state index contributed by atoms with van der Waals surface area (Å²) in [5, 5.41) is 21.6. The van der Waals surface area contributed by atoms with Gasteiger partial charge in [-0.25, -0.2) is 16.8 Å². The van der Waals surface area contributed by atoms with Crippen LogP contribution in [0.25, 0.3) is 0 Å². The minimum absolute atomic E-state index is 0.0391. The lowest BCUT2D eigenvalue weighted by atomic mass is 9.74. The number of hydrogen-bond donors (Lipinski definition) is 3. The van der Waals surface area contributed by atoms with Gasteiger partial charge in [0.1, 0.15) is 0 Å². The van der Waals surface area contributed by atoms with Crippen LogP contribution in [0.5, 0.6) is 0 Å². The molecule has 1 fully saturated rings. The summed E-state index contributed by atoms with van der Waals surface area (Å²) in [6, 6.07) is 0. The molecule has 3 unspecified atom stereocenters. The average Bonchev–Trinajstić information content (AvgIpc) is 2.45. The minimum atomic E-state index is -4.76. The topological polar surface area (TPSA) is 155 Å². The van der Waals surface area contributed by atoms with Crippen LogP contribution in [0.3, 0.4) is 0 Å². The fourth-order valence-electron chi connectivity index (χ4n) is 3.08. The molecule has 0 amide bonds. The molecule has 24 heavy (non-hydrogen) atoms. The van der Waals surface area contributed by atoms with Gasteiger partial charge in [-0.15, -0.1) is 0 Å². The molecule has 3 N–H and O–H groups in total. The molecule has 3 atom stereocenters. The maximum atomic E-state index is 13.0. The van der Waals surface area contributed by atoms with Gasteiger partial charge in [0.25, 0.3) is 0 Å². The van der Waals surface area contributed by atoms with Crippen LogP contribution in [0.2, 0.25) is 0 Å². The third kappa shape index (κ3) is 2.74. The van der Waals surface area contributed by atoms with Crippen molar-refractivity contribution in [3.8, 4) is 0 Å². The van der Waals surface area contributed by atoms with Crippen molar-refractivity contribution in [2.24, 2.45) is 5.41 Å². The number of rotatable bonds is 4. The number of sulfone groups is 2. The Morgan fingerprint density at radius 1 is 1.25 bits per heavy atom. The molecule has 1 heterocycles. The number of aliphatic carboxylic acids is 2. The van der Waals surface area contributed by atoms with Gasteiger partial charge in [-0.3, -0.25) is 9.59 Å². The molecule has 2 aliphatic rings. The fraction of sp³-hybridized carbons (Fsp3) is 0.692. The van der Waals surface area contributed by atoms with E-state index in [9.17, 15) is 36.6 Å². The zero-order valence-corrected chi connectivity index (χ0v) is 14.6. The highest BCUT2D eigenvalue weighted by molar-refractivity contribution is 8.10. The molecule has 1 saturated heterocycles. The van der Waals surface area contributed by atoms with E-state index in [-0.39, 0.29) is 13.0 Å². The summed E-state index contributed by atoms with van der Waals surface area (Å²) in [5.41, 5.74) is -1.62. The Kier molecular flexibility index (Phi) is 4.57. The summed E-state index contributed by atoms with van der Waals surface area (Å²) in [5.74, 6) is -3.53. The van der Waals surface area contributed by atoms with Gasteiger partial charge in [0.15, 0.2) is 29.0 Å². The first-order chi connectivity index (χ1) is 10.9. The van der Waals surface area contributed by atoms with Crippen molar-refractivity contribution >= 4 is 31.6 Å². The summed E-state index contributed by atoms with van der Waals surface area (Å²) in [7, 11) is -8.81. The van der Waals surface area contributed by atoms with Crippen LogP contribution in [0.4, 0.5) is 0 Å². The third-order valence-electron chi connectivity index (χ3n) is 4.62. The molecule has 0 aromatic rings. The molecule has 2 rings (SSSR count). The normalized spacial score (nSPS) is 36.1. The van der Waals surface area contributed by atoms with Gasteiger partial charge in [-0.2, -0.15) is 0 Å². The van der Waals surface area contributed by atoms with E-state index in [0.717, 1.165) is 6.08 Å². The van der Waals surface area contributed by atoms with Crippen LogP contribution in [0, 0.1) is 5.41 Å². The Morgan fingerprint density at radius 3 is 2.38 bits per heavy atom. The molecule has 9 nitrogen and oxygen atoms in total. The van der Waals surface area contributed by atoms with Gasteiger partial charge in [0, 0.05) is 13.1 Å².